The summed E-state index contributed by atoms with van der Waals surface area (Å²) in [6.07, 6.45) is 3.39. The normalized spacial score (nSPS) is 12.0. The number of aromatic amines is 2. The van der Waals surface area contributed by atoms with Crippen LogP contribution in [0.3, 0.4) is 0 Å². The fourth-order valence-electron chi connectivity index (χ4n) is 3.74. The third kappa shape index (κ3) is 4.31. The lowest BCUT2D eigenvalue weighted by Crippen LogP contribution is -2.26. The highest BCUT2D eigenvalue weighted by Crippen LogP contribution is 2.17. The molecule has 1 atom stereocenters. The van der Waals surface area contributed by atoms with Gasteiger partial charge in [-0.15, -0.1) is 0 Å². The first kappa shape index (κ1) is 20.4. The number of benzene rings is 3. The Bertz CT molecular complexity index is 1450. The summed E-state index contributed by atoms with van der Waals surface area (Å²) in [6.45, 7) is 2.35. The minimum Gasteiger partial charge on any atom is -0.348 e. The van der Waals surface area contributed by atoms with Gasteiger partial charge in [0.2, 0.25) is 0 Å². The van der Waals surface area contributed by atoms with Crippen molar-refractivity contribution in [2.75, 3.05) is 0 Å². The first-order valence-electron chi connectivity index (χ1n) is 10.6. The molecule has 164 valence electrons. The Balaban J connectivity index is 1.18. The van der Waals surface area contributed by atoms with E-state index in [1.165, 1.54) is 0 Å². The van der Waals surface area contributed by atoms with Crippen LogP contribution in [0.1, 0.15) is 44.8 Å². The van der Waals surface area contributed by atoms with Gasteiger partial charge in [0.15, 0.2) is 0 Å². The van der Waals surface area contributed by atoms with Crippen LogP contribution in [0.25, 0.3) is 21.8 Å². The molecular weight excluding hydrogens is 416 g/mol. The molecule has 0 bridgehead atoms. The predicted molar refractivity (Wildman–Crippen MR) is 126 cm³/mol. The summed E-state index contributed by atoms with van der Waals surface area (Å²) in [5, 5.41) is 21.5. The molecule has 5 aromatic rings. The summed E-state index contributed by atoms with van der Waals surface area (Å²) < 4.78 is 0. The van der Waals surface area contributed by atoms with Gasteiger partial charge in [-0.25, -0.2) is 0 Å². The fourth-order valence-corrected chi connectivity index (χ4v) is 3.74. The van der Waals surface area contributed by atoms with Crippen molar-refractivity contribution in [1.29, 1.82) is 0 Å². The number of carbonyl (C=O) groups is 2. The summed E-state index contributed by atoms with van der Waals surface area (Å²) in [5.74, 6) is -0.283. The van der Waals surface area contributed by atoms with Gasteiger partial charge in [0.1, 0.15) is 0 Å². The number of H-pyrrole nitrogens is 2. The Hall–Kier alpha value is -4.46. The van der Waals surface area contributed by atoms with Gasteiger partial charge in [-0.2, -0.15) is 10.2 Å². The highest BCUT2D eigenvalue weighted by molar-refractivity contribution is 5.98. The first-order valence-corrected chi connectivity index (χ1v) is 10.6. The zero-order valence-corrected chi connectivity index (χ0v) is 17.9. The monoisotopic (exact) mass is 438 g/mol. The molecule has 8 heteroatoms. The summed E-state index contributed by atoms with van der Waals surface area (Å²) in [6, 6.07) is 18.5. The Labute approximate surface area is 189 Å². The second-order valence-corrected chi connectivity index (χ2v) is 7.96. The minimum atomic E-state index is -0.164. The number of aromatic nitrogens is 4. The van der Waals surface area contributed by atoms with Crippen LogP contribution in [-0.2, 0) is 6.54 Å². The van der Waals surface area contributed by atoms with E-state index in [0.717, 1.165) is 32.9 Å². The highest BCUT2D eigenvalue weighted by atomic mass is 16.2. The van der Waals surface area contributed by atoms with E-state index in [-0.39, 0.29) is 17.9 Å². The summed E-state index contributed by atoms with van der Waals surface area (Å²) >= 11 is 0. The number of hydrogen-bond acceptors (Lipinski definition) is 4. The van der Waals surface area contributed by atoms with E-state index in [2.05, 4.69) is 31.0 Å². The molecule has 0 aliphatic carbocycles. The van der Waals surface area contributed by atoms with Crippen molar-refractivity contribution in [3.63, 3.8) is 0 Å². The van der Waals surface area contributed by atoms with Crippen molar-refractivity contribution >= 4 is 33.6 Å². The van der Waals surface area contributed by atoms with Crippen LogP contribution < -0.4 is 10.6 Å². The Kier molecular flexibility index (Phi) is 5.32. The number of fused-ring (bicyclic) bond motifs is 2. The Morgan fingerprint density at radius 2 is 1.39 bits per heavy atom. The van der Waals surface area contributed by atoms with E-state index < -0.39 is 0 Å². The van der Waals surface area contributed by atoms with Crippen molar-refractivity contribution in [3.8, 4) is 0 Å². The summed E-state index contributed by atoms with van der Waals surface area (Å²) in [5.41, 5.74) is 4.91. The van der Waals surface area contributed by atoms with E-state index in [1.54, 1.807) is 24.5 Å². The molecule has 1 unspecified atom stereocenters. The molecule has 0 radical (unpaired) electrons. The largest absolute Gasteiger partial charge is 0.348 e. The lowest BCUT2D eigenvalue weighted by molar-refractivity contribution is 0.0935. The number of amides is 2. The first-order chi connectivity index (χ1) is 16.1. The van der Waals surface area contributed by atoms with Crippen molar-refractivity contribution in [3.05, 3.63) is 95.3 Å². The summed E-state index contributed by atoms with van der Waals surface area (Å²) in [7, 11) is 0. The molecular formula is C25H22N6O2. The second-order valence-electron chi connectivity index (χ2n) is 7.96. The zero-order valence-electron chi connectivity index (χ0n) is 17.9. The van der Waals surface area contributed by atoms with Gasteiger partial charge in [0, 0.05) is 28.4 Å². The lowest BCUT2D eigenvalue weighted by Gasteiger charge is -2.15. The van der Waals surface area contributed by atoms with Crippen molar-refractivity contribution < 1.29 is 9.59 Å². The molecule has 4 N–H and O–H groups in total. The maximum absolute atomic E-state index is 12.6. The molecule has 5 rings (SSSR count). The molecule has 0 aliphatic heterocycles. The topological polar surface area (TPSA) is 116 Å². The smallest absolute Gasteiger partial charge is 0.251 e. The molecule has 2 aromatic heterocycles. The van der Waals surface area contributed by atoms with Crippen LogP contribution in [0.4, 0.5) is 0 Å². The summed E-state index contributed by atoms with van der Waals surface area (Å²) in [4.78, 5) is 25.1. The molecule has 0 spiro atoms. The molecule has 2 heterocycles. The van der Waals surface area contributed by atoms with Gasteiger partial charge < -0.3 is 10.6 Å². The van der Waals surface area contributed by atoms with Gasteiger partial charge in [-0.05, 0) is 54.4 Å². The molecule has 8 nitrogen and oxygen atoms in total. The van der Waals surface area contributed by atoms with Crippen LogP contribution >= 0.6 is 0 Å². The molecule has 0 aliphatic rings. The molecule has 3 aromatic carbocycles. The Morgan fingerprint density at radius 1 is 0.818 bits per heavy atom. The Morgan fingerprint density at radius 3 is 2.00 bits per heavy atom. The van der Waals surface area contributed by atoms with Crippen LogP contribution in [-0.4, -0.2) is 32.2 Å². The van der Waals surface area contributed by atoms with E-state index in [9.17, 15) is 9.59 Å². The van der Waals surface area contributed by atoms with Gasteiger partial charge in [-0.1, -0.05) is 24.3 Å². The second kappa shape index (κ2) is 8.58. The number of carbonyl (C=O) groups excluding carboxylic acids is 2. The molecule has 0 fully saturated rings. The number of nitrogens with zero attached hydrogens (tertiary/aromatic N) is 2. The van der Waals surface area contributed by atoms with E-state index in [0.29, 0.717) is 17.7 Å². The van der Waals surface area contributed by atoms with Crippen molar-refractivity contribution in [2.45, 2.75) is 19.5 Å². The average molecular weight is 438 g/mol. The highest BCUT2D eigenvalue weighted by Gasteiger charge is 2.13. The average Bonchev–Trinajstić information content (AvgIpc) is 3.51. The number of hydrogen-bond donors (Lipinski definition) is 4. The molecule has 2 amide bonds. The van der Waals surface area contributed by atoms with Gasteiger partial charge in [-0.3, -0.25) is 19.8 Å². The maximum Gasteiger partial charge on any atom is 0.251 e. The standard InChI is InChI=1S/C25H22N6O2/c1-15(29-25(33)19-7-9-23-21(11-19)14-28-31-23)17-4-2-16(3-5-17)12-26-24(32)18-6-8-22-20(10-18)13-27-30-22/h2-11,13-15H,12H2,1H3,(H,26,32)(H,27,30)(H,28,31)(H,29,33). The van der Waals surface area contributed by atoms with Crippen LogP contribution in [0.2, 0.25) is 0 Å². The maximum atomic E-state index is 12.6. The predicted octanol–water partition coefficient (Wildman–Crippen LogP) is 3.86. The number of rotatable bonds is 6. The van der Waals surface area contributed by atoms with Crippen molar-refractivity contribution in [2.24, 2.45) is 0 Å². The van der Waals surface area contributed by atoms with Crippen molar-refractivity contribution in [1.82, 2.24) is 31.0 Å². The van der Waals surface area contributed by atoms with Crippen LogP contribution in [0.15, 0.2) is 73.1 Å². The molecule has 0 saturated heterocycles. The van der Waals surface area contributed by atoms with Crippen LogP contribution in [0.5, 0.6) is 0 Å². The van der Waals surface area contributed by atoms with Gasteiger partial charge in [0.05, 0.1) is 29.5 Å². The minimum absolute atomic E-state index is 0.141. The molecule has 33 heavy (non-hydrogen) atoms. The third-order valence-electron chi connectivity index (χ3n) is 5.69. The van der Waals surface area contributed by atoms with E-state index in [1.807, 2.05) is 55.5 Å². The number of nitrogens with one attached hydrogen (secondary N) is 4. The quantitative estimate of drug-likeness (QED) is 0.322. The fraction of sp³-hybridized carbons (Fsp3) is 0.120. The zero-order chi connectivity index (χ0) is 22.8. The SMILES string of the molecule is CC(NC(=O)c1ccc2[nH]ncc2c1)c1ccc(CNC(=O)c2ccc3[nH]ncc3c2)cc1. The third-order valence-corrected chi connectivity index (χ3v) is 5.69. The van der Waals surface area contributed by atoms with Crippen LogP contribution in [0, 0.1) is 0 Å². The molecule has 0 saturated carbocycles. The lowest BCUT2D eigenvalue weighted by atomic mass is 10.0. The van der Waals surface area contributed by atoms with Gasteiger partial charge in [0.25, 0.3) is 11.8 Å². The van der Waals surface area contributed by atoms with E-state index >= 15 is 0 Å². The van der Waals surface area contributed by atoms with Gasteiger partial charge >= 0.3 is 0 Å². The van der Waals surface area contributed by atoms with E-state index in [4.69, 9.17) is 0 Å².